The molecule has 7 heteroatoms. The predicted molar refractivity (Wildman–Crippen MR) is 91.0 cm³/mol. The number of hydrogen-bond donors (Lipinski definition) is 1. The van der Waals surface area contributed by atoms with Crippen molar-refractivity contribution in [2.45, 2.75) is 6.18 Å². The molecule has 0 unspecified atom stereocenters. The van der Waals surface area contributed by atoms with E-state index >= 15 is 0 Å². The molecule has 0 aliphatic carbocycles. The summed E-state index contributed by atoms with van der Waals surface area (Å²) in [5.74, 6) is 0.144. The highest BCUT2D eigenvalue weighted by atomic mass is 19.4. The Morgan fingerprint density at radius 3 is 2.50 bits per heavy atom. The number of para-hydroxylation sites is 1. The normalized spacial score (nSPS) is 11.3. The number of pyridine rings is 1. The zero-order valence-electron chi connectivity index (χ0n) is 13.6. The third-order valence-corrected chi connectivity index (χ3v) is 3.72. The number of halogens is 3. The fourth-order valence-electron chi connectivity index (χ4n) is 2.43. The molecule has 1 amide bonds. The van der Waals surface area contributed by atoms with Gasteiger partial charge in [-0.2, -0.15) is 13.2 Å². The van der Waals surface area contributed by atoms with Crippen molar-refractivity contribution in [3.8, 4) is 5.75 Å². The molecule has 134 valence electrons. The number of carbonyl (C=O) groups is 1. The first-order valence-corrected chi connectivity index (χ1v) is 7.87. The first-order valence-electron chi connectivity index (χ1n) is 7.87. The number of carbonyl (C=O) groups excluding carboxylic acids is 1. The molecule has 0 saturated heterocycles. The van der Waals surface area contributed by atoms with Gasteiger partial charge >= 0.3 is 6.18 Å². The van der Waals surface area contributed by atoms with E-state index in [-0.39, 0.29) is 18.7 Å². The number of benzene rings is 2. The Labute approximate surface area is 147 Å². The molecule has 0 atom stereocenters. The maximum absolute atomic E-state index is 12.5. The summed E-state index contributed by atoms with van der Waals surface area (Å²) < 4.78 is 43.2. The highest BCUT2D eigenvalue weighted by Gasteiger charge is 2.30. The van der Waals surface area contributed by atoms with Gasteiger partial charge in [0.25, 0.3) is 5.91 Å². The van der Waals surface area contributed by atoms with E-state index in [9.17, 15) is 18.0 Å². The van der Waals surface area contributed by atoms with Crippen molar-refractivity contribution >= 4 is 16.8 Å². The summed E-state index contributed by atoms with van der Waals surface area (Å²) in [5.41, 5.74) is 0.0923. The van der Waals surface area contributed by atoms with Crippen LogP contribution in [0.25, 0.3) is 10.9 Å². The minimum absolute atomic E-state index is 0.157. The second-order valence-electron chi connectivity index (χ2n) is 5.51. The Balaban J connectivity index is 1.54. The maximum atomic E-state index is 12.5. The van der Waals surface area contributed by atoms with E-state index in [1.165, 1.54) is 0 Å². The van der Waals surface area contributed by atoms with E-state index in [0.29, 0.717) is 5.75 Å². The smallest absolute Gasteiger partial charge is 0.416 e. The van der Waals surface area contributed by atoms with E-state index in [4.69, 9.17) is 4.74 Å². The fraction of sp³-hybridized carbons (Fsp3) is 0.158. The highest BCUT2D eigenvalue weighted by Crippen LogP contribution is 2.29. The molecule has 1 heterocycles. The van der Waals surface area contributed by atoms with Crippen molar-refractivity contribution in [1.29, 1.82) is 0 Å². The summed E-state index contributed by atoms with van der Waals surface area (Å²) in [4.78, 5) is 16.2. The Bertz CT molecular complexity index is 903. The van der Waals surface area contributed by atoms with Crippen LogP contribution in [-0.2, 0) is 6.18 Å². The highest BCUT2D eigenvalue weighted by molar-refractivity contribution is 5.94. The van der Waals surface area contributed by atoms with E-state index in [1.54, 1.807) is 12.3 Å². The Hall–Kier alpha value is -3.09. The van der Waals surface area contributed by atoms with Crippen LogP contribution in [0.2, 0.25) is 0 Å². The molecule has 0 saturated carbocycles. The number of aromatic nitrogens is 1. The summed E-state index contributed by atoms with van der Waals surface area (Å²) in [6.45, 7) is 0.422. The van der Waals surface area contributed by atoms with Gasteiger partial charge in [-0.1, -0.05) is 18.2 Å². The number of amides is 1. The van der Waals surface area contributed by atoms with Gasteiger partial charge in [0.05, 0.1) is 12.1 Å². The molecule has 0 aliphatic rings. The number of nitrogens with one attached hydrogen (secondary N) is 1. The van der Waals surface area contributed by atoms with Gasteiger partial charge in [-0.15, -0.1) is 0 Å². The zero-order valence-corrected chi connectivity index (χ0v) is 13.6. The minimum Gasteiger partial charge on any atom is -0.489 e. The molecule has 1 N–H and O–H groups in total. The van der Waals surface area contributed by atoms with Crippen molar-refractivity contribution in [2.24, 2.45) is 0 Å². The molecule has 3 rings (SSSR count). The average Bonchev–Trinajstić information content (AvgIpc) is 2.64. The summed E-state index contributed by atoms with van der Waals surface area (Å²) in [6, 6.07) is 13.4. The maximum Gasteiger partial charge on any atom is 0.416 e. The molecule has 0 bridgehead atoms. The SMILES string of the molecule is O=C(NCCOc1cccc2cccnc12)c1ccc(C(F)(F)F)cc1. The van der Waals surface area contributed by atoms with Crippen LogP contribution < -0.4 is 10.1 Å². The topological polar surface area (TPSA) is 51.2 Å². The number of fused-ring (bicyclic) bond motifs is 1. The second-order valence-corrected chi connectivity index (χ2v) is 5.51. The second kappa shape index (κ2) is 7.43. The Morgan fingerprint density at radius 2 is 1.77 bits per heavy atom. The molecule has 0 fully saturated rings. The third-order valence-electron chi connectivity index (χ3n) is 3.72. The monoisotopic (exact) mass is 360 g/mol. The third kappa shape index (κ3) is 4.11. The predicted octanol–water partition coefficient (Wildman–Crippen LogP) is 4.06. The van der Waals surface area contributed by atoms with Crippen LogP contribution in [0.1, 0.15) is 15.9 Å². The van der Waals surface area contributed by atoms with Gasteiger partial charge in [0.1, 0.15) is 17.9 Å². The van der Waals surface area contributed by atoms with Crippen LogP contribution in [-0.4, -0.2) is 24.0 Å². The van der Waals surface area contributed by atoms with Crippen molar-refractivity contribution in [3.05, 3.63) is 71.9 Å². The lowest BCUT2D eigenvalue weighted by Crippen LogP contribution is -2.28. The molecular formula is C19H15F3N2O2. The summed E-state index contributed by atoms with van der Waals surface area (Å²) >= 11 is 0. The quantitative estimate of drug-likeness (QED) is 0.698. The van der Waals surface area contributed by atoms with Gasteiger partial charge in [0.15, 0.2) is 0 Å². The van der Waals surface area contributed by atoms with Crippen LogP contribution in [0, 0.1) is 0 Å². The van der Waals surface area contributed by atoms with E-state index < -0.39 is 17.6 Å². The fourth-order valence-corrected chi connectivity index (χ4v) is 2.43. The lowest BCUT2D eigenvalue weighted by molar-refractivity contribution is -0.137. The van der Waals surface area contributed by atoms with Crippen molar-refractivity contribution in [1.82, 2.24) is 10.3 Å². The Kier molecular flexibility index (Phi) is 5.06. The van der Waals surface area contributed by atoms with E-state index in [1.807, 2.05) is 24.3 Å². The number of nitrogens with zero attached hydrogens (tertiary/aromatic N) is 1. The molecule has 0 radical (unpaired) electrons. The van der Waals surface area contributed by atoms with Gasteiger partial charge in [-0.05, 0) is 36.4 Å². The Morgan fingerprint density at radius 1 is 1.04 bits per heavy atom. The molecule has 1 aromatic heterocycles. The van der Waals surface area contributed by atoms with Gasteiger partial charge in [-0.25, -0.2) is 0 Å². The van der Waals surface area contributed by atoms with Gasteiger partial charge < -0.3 is 10.1 Å². The molecule has 0 aliphatic heterocycles. The molecular weight excluding hydrogens is 345 g/mol. The van der Waals surface area contributed by atoms with Crippen molar-refractivity contribution in [3.63, 3.8) is 0 Å². The zero-order chi connectivity index (χ0) is 18.6. The number of rotatable bonds is 5. The van der Waals surface area contributed by atoms with Crippen LogP contribution in [0.15, 0.2) is 60.8 Å². The van der Waals surface area contributed by atoms with Gasteiger partial charge in [0, 0.05) is 17.1 Å². The average molecular weight is 360 g/mol. The molecule has 3 aromatic rings. The number of hydrogen-bond acceptors (Lipinski definition) is 3. The van der Waals surface area contributed by atoms with E-state index in [0.717, 1.165) is 35.2 Å². The summed E-state index contributed by atoms with van der Waals surface area (Å²) in [7, 11) is 0. The number of alkyl halides is 3. The first-order chi connectivity index (χ1) is 12.4. The first kappa shape index (κ1) is 17.7. The largest absolute Gasteiger partial charge is 0.489 e. The molecule has 4 nitrogen and oxygen atoms in total. The standard InChI is InChI=1S/C19H15F3N2O2/c20-19(21,22)15-8-6-14(7-9-15)18(25)24-11-12-26-16-5-1-3-13-4-2-10-23-17(13)16/h1-10H,11-12H2,(H,24,25). The van der Waals surface area contributed by atoms with Crippen LogP contribution >= 0.6 is 0 Å². The minimum atomic E-state index is -4.42. The summed E-state index contributed by atoms with van der Waals surface area (Å²) in [5, 5.41) is 3.55. The van der Waals surface area contributed by atoms with Crippen molar-refractivity contribution in [2.75, 3.05) is 13.2 Å². The van der Waals surface area contributed by atoms with Crippen LogP contribution in [0.4, 0.5) is 13.2 Å². The van der Waals surface area contributed by atoms with Crippen LogP contribution in [0.5, 0.6) is 5.75 Å². The lowest BCUT2D eigenvalue weighted by atomic mass is 10.1. The number of ether oxygens (including phenoxy) is 1. The lowest BCUT2D eigenvalue weighted by Gasteiger charge is -2.10. The van der Waals surface area contributed by atoms with Gasteiger partial charge in [-0.3, -0.25) is 9.78 Å². The molecule has 0 spiro atoms. The van der Waals surface area contributed by atoms with Gasteiger partial charge in [0.2, 0.25) is 0 Å². The van der Waals surface area contributed by atoms with Crippen LogP contribution in [0.3, 0.4) is 0 Å². The molecule has 26 heavy (non-hydrogen) atoms. The molecule has 2 aromatic carbocycles. The summed E-state index contributed by atoms with van der Waals surface area (Å²) in [6.07, 6.45) is -2.75. The van der Waals surface area contributed by atoms with Crippen molar-refractivity contribution < 1.29 is 22.7 Å². The van der Waals surface area contributed by atoms with E-state index in [2.05, 4.69) is 10.3 Å².